The van der Waals surface area contributed by atoms with Crippen LogP contribution in [0, 0.1) is 5.92 Å². The number of benzene rings is 1. The Morgan fingerprint density at radius 2 is 2.04 bits per heavy atom. The van der Waals surface area contributed by atoms with Crippen molar-refractivity contribution in [1.82, 2.24) is 19.5 Å². The van der Waals surface area contributed by atoms with E-state index in [0.29, 0.717) is 24.5 Å². The van der Waals surface area contributed by atoms with E-state index in [4.69, 9.17) is 0 Å². The average Bonchev–Trinajstić information content (AvgIpc) is 3.15. The predicted octanol–water partition coefficient (Wildman–Crippen LogP) is 3.85. The SMILES string of the molecule is CC(C)Cc1nnc(C2CCCN(S(=O)(=O)c3cccc4cccnc34)C2)s1. The molecule has 1 unspecified atom stereocenters. The Morgan fingerprint density at radius 3 is 2.86 bits per heavy atom. The highest BCUT2D eigenvalue weighted by molar-refractivity contribution is 7.89. The van der Waals surface area contributed by atoms with Gasteiger partial charge in [-0.25, -0.2) is 8.42 Å². The molecule has 1 aliphatic heterocycles. The molecule has 1 saturated heterocycles. The van der Waals surface area contributed by atoms with Crippen LogP contribution in [0.25, 0.3) is 10.9 Å². The summed E-state index contributed by atoms with van der Waals surface area (Å²) in [4.78, 5) is 4.61. The zero-order chi connectivity index (χ0) is 19.7. The molecule has 8 heteroatoms. The van der Waals surface area contributed by atoms with Crippen LogP contribution in [-0.2, 0) is 16.4 Å². The van der Waals surface area contributed by atoms with Crippen LogP contribution in [0.4, 0.5) is 0 Å². The molecule has 0 radical (unpaired) electrons. The summed E-state index contributed by atoms with van der Waals surface area (Å²) in [7, 11) is -3.61. The Labute approximate surface area is 169 Å². The molecule has 4 rings (SSSR count). The molecule has 0 N–H and O–H groups in total. The number of sulfonamides is 1. The summed E-state index contributed by atoms with van der Waals surface area (Å²) in [5, 5.41) is 11.5. The van der Waals surface area contributed by atoms with Gasteiger partial charge in [-0.1, -0.05) is 32.0 Å². The molecule has 28 heavy (non-hydrogen) atoms. The van der Waals surface area contributed by atoms with E-state index in [0.717, 1.165) is 34.7 Å². The van der Waals surface area contributed by atoms with Crippen LogP contribution in [0.5, 0.6) is 0 Å². The van der Waals surface area contributed by atoms with E-state index in [-0.39, 0.29) is 10.8 Å². The zero-order valence-corrected chi connectivity index (χ0v) is 17.7. The summed E-state index contributed by atoms with van der Waals surface area (Å²) in [5.74, 6) is 0.632. The lowest BCUT2D eigenvalue weighted by atomic mass is 10.0. The normalized spacial score (nSPS) is 18.8. The van der Waals surface area contributed by atoms with Crippen molar-refractivity contribution in [1.29, 1.82) is 0 Å². The molecular formula is C20H24N4O2S2. The molecule has 0 spiro atoms. The van der Waals surface area contributed by atoms with Crippen molar-refractivity contribution in [3.63, 3.8) is 0 Å². The number of piperidine rings is 1. The molecule has 6 nitrogen and oxygen atoms in total. The standard InChI is InChI=1S/C20H24N4O2S2/c1-14(2)12-18-22-23-20(27-18)16-8-5-11-24(13-16)28(25,26)17-9-3-6-15-7-4-10-21-19(15)17/h3-4,6-7,9-10,14,16H,5,8,11-13H2,1-2H3. The summed E-state index contributed by atoms with van der Waals surface area (Å²) in [6, 6.07) is 9.02. The maximum absolute atomic E-state index is 13.4. The summed E-state index contributed by atoms with van der Waals surface area (Å²) < 4.78 is 28.4. The van der Waals surface area contributed by atoms with Crippen LogP contribution >= 0.6 is 11.3 Å². The maximum atomic E-state index is 13.4. The third-order valence-corrected chi connectivity index (χ3v) is 8.02. The van der Waals surface area contributed by atoms with Gasteiger partial charge in [-0.3, -0.25) is 4.98 Å². The largest absolute Gasteiger partial charge is 0.255 e. The second-order valence-electron chi connectivity index (χ2n) is 7.67. The first-order chi connectivity index (χ1) is 13.4. The Bertz CT molecular complexity index is 1070. The molecule has 0 aliphatic carbocycles. The molecule has 1 aromatic carbocycles. The van der Waals surface area contributed by atoms with E-state index in [1.165, 1.54) is 0 Å². The highest BCUT2D eigenvalue weighted by Crippen LogP contribution is 2.33. The van der Waals surface area contributed by atoms with E-state index in [1.807, 2.05) is 18.2 Å². The number of hydrogen-bond acceptors (Lipinski definition) is 6. The number of pyridine rings is 1. The van der Waals surface area contributed by atoms with Gasteiger partial charge in [0.15, 0.2) is 0 Å². The van der Waals surface area contributed by atoms with Crippen molar-refractivity contribution >= 4 is 32.3 Å². The molecule has 148 valence electrons. The Kier molecular flexibility index (Phi) is 5.44. The third kappa shape index (κ3) is 3.81. The first-order valence-corrected chi connectivity index (χ1v) is 11.9. The number of fused-ring (bicyclic) bond motifs is 1. The van der Waals surface area contributed by atoms with Gasteiger partial charge in [-0.05, 0) is 30.9 Å². The Hall–Kier alpha value is -1.90. The fraction of sp³-hybridized carbons (Fsp3) is 0.450. The van der Waals surface area contributed by atoms with Gasteiger partial charge in [-0.2, -0.15) is 4.31 Å². The van der Waals surface area contributed by atoms with Crippen LogP contribution in [0.3, 0.4) is 0 Å². The van der Waals surface area contributed by atoms with E-state index in [9.17, 15) is 8.42 Å². The number of hydrogen-bond donors (Lipinski definition) is 0. The lowest BCUT2D eigenvalue weighted by molar-refractivity contribution is 0.315. The summed E-state index contributed by atoms with van der Waals surface area (Å²) in [5.41, 5.74) is 0.530. The molecule has 1 fully saturated rings. The lowest BCUT2D eigenvalue weighted by Gasteiger charge is -2.30. The number of nitrogens with zero attached hydrogens (tertiary/aromatic N) is 4. The molecule has 0 bridgehead atoms. The number of rotatable bonds is 5. The summed E-state index contributed by atoms with van der Waals surface area (Å²) in [6.45, 7) is 5.30. The molecule has 2 aromatic heterocycles. The quantitative estimate of drug-likeness (QED) is 0.631. The maximum Gasteiger partial charge on any atom is 0.245 e. The van der Waals surface area contributed by atoms with Gasteiger partial charge >= 0.3 is 0 Å². The monoisotopic (exact) mass is 416 g/mol. The van der Waals surface area contributed by atoms with Gasteiger partial charge in [0.1, 0.15) is 14.9 Å². The lowest BCUT2D eigenvalue weighted by Crippen LogP contribution is -2.39. The topological polar surface area (TPSA) is 76.1 Å². The average molecular weight is 417 g/mol. The van der Waals surface area contributed by atoms with E-state index >= 15 is 0 Å². The van der Waals surface area contributed by atoms with Gasteiger partial charge < -0.3 is 0 Å². The van der Waals surface area contributed by atoms with Crippen LogP contribution in [0.1, 0.15) is 42.6 Å². The van der Waals surface area contributed by atoms with Crippen molar-refractivity contribution in [2.75, 3.05) is 13.1 Å². The van der Waals surface area contributed by atoms with Crippen LogP contribution in [0.15, 0.2) is 41.4 Å². The Morgan fingerprint density at radius 1 is 1.21 bits per heavy atom. The van der Waals surface area contributed by atoms with Crippen LogP contribution in [0.2, 0.25) is 0 Å². The van der Waals surface area contributed by atoms with Gasteiger partial charge in [0.2, 0.25) is 10.0 Å². The second kappa shape index (κ2) is 7.85. The summed E-state index contributed by atoms with van der Waals surface area (Å²) in [6.07, 6.45) is 4.31. The first-order valence-electron chi connectivity index (χ1n) is 9.61. The highest BCUT2D eigenvalue weighted by Gasteiger charge is 2.33. The summed E-state index contributed by atoms with van der Waals surface area (Å²) >= 11 is 1.62. The van der Waals surface area contributed by atoms with Crippen molar-refractivity contribution in [3.05, 3.63) is 46.5 Å². The van der Waals surface area contributed by atoms with Crippen molar-refractivity contribution < 1.29 is 8.42 Å². The van der Waals surface area contributed by atoms with Gasteiger partial charge in [0, 0.05) is 37.0 Å². The minimum atomic E-state index is -3.61. The fourth-order valence-electron chi connectivity index (χ4n) is 3.65. The van der Waals surface area contributed by atoms with Gasteiger partial charge in [-0.15, -0.1) is 21.5 Å². The predicted molar refractivity (Wildman–Crippen MR) is 111 cm³/mol. The molecular weight excluding hydrogens is 392 g/mol. The molecule has 1 atom stereocenters. The fourth-order valence-corrected chi connectivity index (χ4v) is 6.52. The number of aromatic nitrogens is 3. The van der Waals surface area contributed by atoms with E-state index in [2.05, 4.69) is 29.0 Å². The molecule has 0 saturated carbocycles. The minimum absolute atomic E-state index is 0.102. The highest BCUT2D eigenvalue weighted by atomic mass is 32.2. The Balaban J connectivity index is 1.61. The molecule has 1 aliphatic rings. The van der Waals surface area contributed by atoms with Crippen molar-refractivity contribution in [2.24, 2.45) is 5.92 Å². The third-order valence-electron chi connectivity index (χ3n) is 5.01. The van der Waals surface area contributed by atoms with Crippen LogP contribution < -0.4 is 0 Å². The van der Waals surface area contributed by atoms with Crippen LogP contribution in [-0.4, -0.2) is 41.0 Å². The smallest absolute Gasteiger partial charge is 0.245 e. The molecule has 3 heterocycles. The van der Waals surface area contributed by atoms with Gasteiger partial charge in [0.05, 0.1) is 5.52 Å². The van der Waals surface area contributed by atoms with Crippen molar-refractivity contribution in [3.8, 4) is 0 Å². The molecule has 0 amide bonds. The van der Waals surface area contributed by atoms with E-state index < -0.39 is 10.0 Å². The minimum Gasteiger partial charge on any atom is -0.255 e. The van der Waals surface area contributed by atoms with Crippen molar-refractivity contribution in [2.45, 2.75) is 43.9 Å². The first kappa shape index (κ1) is 19.4. The van der Waals surface area contributed by atoms with Gasteiger partial charge in [0.25, 0.3) is 0 Å². The number of para-hydroxylation sites is 1. The van der Waals surface area contributed by atoms with E-state index in [1.54, 1.807) is 34.0 Å². The zero-order valence-electron chi connectivity index (χ0n) is 16.1. The second-order valence-corrected chi connectivity index (χ2v) is 10.7. The molecule has 3 aromatic rings.